The number of halogens is 1. The van der Waals surface area contributed by atoms with Crippen molar-refractivity contribution in [2.24, 2.45) is 0 Å². The molecule has 0 aliphatic carbocycles. The van der Waals surface area contributed by atoms with E-state index in [9.17, 15) is 0 Å². The van der Waals surface area contributed by atoms with Crippen LogP contribution in [-0.2, 0) is 6.54 Å². The van der Waals surface area contributed by atoms with Crippen LogP contribution >= 0.6 is 15.9 Å². The van der Waals surface area contributed by atoms with E-state index < -0.39 is 0 Å². The Morgan fingerprint density at radius 2 is 1.78 bits per heavy atom. The van der Waals surface area contributed by atoms with Gasteiger partial charge in [-0.05, 0) is 37.4 Å². The molecule has 0 aliphatic heterocycles. The first-order valence-electron chi connectivity index (χ1n) is 7.87. The molecule has 2 heterocycles. The van der Waals surface area contributed by atoms with Crippen molar-refractivity contribution in [3.8, 4) is 11.3 Å². The van der Waals surface area contributed by atoms with Gasteiger partial charge in [0.2, 0.25) is 0 Å². The molecule has 0 aliphatic rings. The fourth-order valence-corrected chi connectivity index (χ4v) is 3.02. The highest BCUT2D eigenvalue weighted by atomic mass is 79.9. The predicted octanol–water partition coefficient (Wildman–Crippen LogP) is 4.19. The molecule has 0 saturated heterocycles. The molecule has 5 heteroatoms. The van der Waals surface area contributed by atoms with E-state index in [1.807, 2.05) is 18.3 Å². The molecular formula is C18H21BrN4. The number of anilines is 1. The topological polar surface area (TPSA) is 46.6 Å². The Labute approximate surface area is 145 Å². The van der Waals surface area contributed by atoms with Crippen LogP contribution in [0.3, 0.4) is 0 Å². The van der Waals surface area contributed by atoms with Crippen molar-refractivity contribution in [3.63, 3.8) is 0 Å². The van der Waals surface area contributed by atoms with E-state index in [0.29, 0.717) is 0 Å². The minimum absolute atomic E-state index is 0.748. The van der Waals surface area contributed by atoms with Gasteiger partial charge in [-0.15, -0.1) is 0 Å². The van der Waals surface area contributed by atoms with Crippen LogP contribution in [0.4, 0.5) is 5.69 Å². The Hall–Kier alpha value is -1.85. The molecule has 0 atom stereocenters. The number of nitrogens with zero attached hydrogens (tertiary/aromatic N) is 3. The molecule has 120 valence electrons. The maximum Gasteiger partial charge on any atom is 0.137 e. The lowest BCUT2D eigenvalue weighted by Gasteiger charge is -2.18. The third kappa shape index (κ3) is 3.26. The Balaban J connectivity index is 2.17. The van der Waals surface area contributed by atoms with E-state index in [4.69, 9.17) is 10.7 Å². The van der Waals surface area contributed by atoms with E-state index >= 15 is 0 Å². The normalized spacial score (nSPS) is 11.5. The van der Waals surface area contributed by atoms with Gasteiger partial charge in [0.1, 0.15) is 5.65 Å². The Kier molecular flexibility index (Phi) is 4.68. The van der Waals surface area contributed by atoms with Crippen LogP contribution in [0.1, 0.15) is 19.5 Å². The highest BCUT2D eigenvalue weighted by Gasteiger charge is 2.16. The van der Waals surface area contributed by atoms with Gasteiger partial charge in [-0.1, -0.05) is 41.9 Å². The number of hydrogen-bond acceptors (Lipinski definition) is 3. The molecule has 3 rings (SSSR count). The fraction of sp³-hybridized carbons (Fsp3) is 0.278. The highest BCUT2D eigenvalue weighted by Crippen LogP contribution is 2.27. The number of aromatic nitrogens is 2. The van der Waals surface area contributed by atoms with Gasteiger partial charge >= 0.3 is 0 Å². The third-order valence-electron chi connectivity index (χ3n) is 4.13. The number of benzene rings is 1. The molecule has 1 aromatic carbocycles. The van der Waals surface area contributed by atoms with E-state index in [1.165, 1.54) is 5.69 Å². The number of rotatable bonds is 5. The summed E-state index contributed by atoms with van der Waals surface area (Å²) in [5, 5.41) is 0. The number of imidazole rings is 1. The Bertz CT molecular complexity index is 804. The zero-order chi connectivity index (χ0) is 16.4. The van der Waals surface area contributed by atoms with Gasteiger partial charge in [0.15, 0.2) is 0 Å². The van der Waals surface area contributed by atoms with Gasteiger partial charge in [-0.25, -0.2) is 4.98 Å². The summed E-state index contributed by atoms with van der Waals surface area (Å²) in [5.41, 5.74) is 11.0. The van der Waals surface area contributed by atoms with Crippen LogP contribution < -0.4 is 5.73 Å². The van der Waals surface area contributed by atoms with Crippen molar-refractivity contribution < 1.29 is 0 Å². The second-order valence-electron chi connectivity index (χ2n) is 5.57. The van der Waals surface area contributed by atoms with Crippen molar-refractivity contribution in [1.29, 1.82) is 0 Å². The summed E-state index contributed by atoms with van der Waals surface area (Å²) in [6.07, 6.45) is 1.96. The number of nitrogen functional groups attached to an aromatic ring is 1. The lowest BCUT2D eigenvalue weighted by molar-refractivity contribution is 0.292. The first kappa shape index (κ1) is 16.0. The molecule has 0 saturated carbocycles. The lowest BCUT2D eigenvalue weighted by atomic mass is 10.1. The zero-order valence-electron chi connectivity index (χ0n) is 13.5. The second kappa shape index (κ2) is 6.72. The van der Waals surface area contributed by atoms with Gasteiger partial charge in [-0.2, -0.15) is 0 Å². The van der Waals surface area contributed by atoms with E-state index in [1.54, 1.807) is 0 Å². The molecule has 4 nitrogen and oxygen atoms in total. The average Bonchev–Trinajstić information content (AvgIpc) is 2.91. The minimum Gasteiger partial charge on any atom is -0.398 e. The van der Waals surface area contributed by atoms with Crippen LogP contribution in [-0.4, -0.2) is 27.4 Å². The van der Waals surface area contributed by atoms with Crippen LogP contribution in [0, 0.1) is 0 Å². The smallest absolute Gasteiger partial charge is 0.137 e. The van der Waals surface area contributed by atoms with Gasteiger partial charge in [-0.3, -0.25) is 4.90 Å². The van der Waals surface area contributed by atoms with Crippen LogP contribution in [0.25, 0.3) is 16.9 Å². The first-order chi connectivity index (χ1) is 11.1. The van der Waals surface area contributed by atoms with E-state index in [2.05, 4.69) is 63.3 Å². The molecule has 0 bridgehead atoms. The lowest BCUT2D eigenvalue weighted by Crippen LogP contribution is -2.23. The van der Waals surface area contributed by atoms with E-state index in [-0.39, 0.29) is 0 Å². The molecule has 0 spiro atoms. The summed E-state index contributed by atoms with van der Waals surface area (Å²) >= 11 is 3.49. The van der Waals surface area contributed by atoms with Crippen molar-refractivity contribution in [3.05, 3.63) is 52.8 Å². The first-order valence-corrected chi connectivity index (χ1v) is 8.66. The molecular weight excluding hydrogens is 352 g/mol. The summed E-state index contributed by atoms with van der Waals surface area (Å²) < 4.78 is 3.19. The standard InChI is InChI=1S/C18H21BrN4/c1-3-22(4-2)12-16-18(13-5-7-14(19)8-6-13)21-17-10-9-15(20)11-23(16)17/h5-11H,3-4,12,20H2,1-2H3. The quantitative estimate of drug-likeness (QED) is 0.730. The Morgan fingerprint density at radius 3 is 2.43 bits per heavy atom. The summed E-state index contributed by atoms with van der Waals surface area (Å²) in [5.74, 6) is 0. The Morgan fingerprint density at radius 1 is 1.09 bits per heavy atom. The number of pyridine rings is 1. The van der Waals surface area contributed by atoms with Gasteiger partial charge in [0.25, 0.3) is 0 Å². The molecule has 0 unspecified atom stereocenters. The van der Waals surface area contributed by atoms with Crippen molar-refractivity contribution in [2.75, 3.05) is 18.8 Å². The van der Waals surface area contributed by atoms with Crippen molar-refractivity contribution in [1.82, 2.24) is 14.3 Å². The maximum absolute atomic E-state index is 5.99. The number of nitrogens with two attached hydrogens (primary N) is 1. The zero-order valence-corrected chi connectivity index (χ0v) is 15.0. The van der Waals surface area contributed by atoms with Gasteiger partial charge < -0.3 is 10.1 Å². The molecule has 0 amide bonds. The number of fused-ring (bicyclic) bond motifs is 1. The van der Waals surface area contributed by atoms with Crippen molar-refractivity contribution in [2.45, 2.75) is 20.4 Å². The predicted molar refractivity (Wildman–Crippen MR) is 99.4 cm³/mol. The maximum atomic E-state index is 5.99. The molecule has 3 aromatic rings. The van der Waals surface area contributed by atoms with Gasteiger partial charge in [0.05, 0.1) is 11.4 Å². The van der Waals surface area contributed by atoms with Crippen LogP contribution in [0.2, 0.25) is 0 Å². The van der Waals surface area contributed by atoms with Crippen LogP contribution in [0.5, 0.6) is 0 Å². The molecule has 2 N–H and O–H groups in total. The highest BCUT2D eigenvalue weighted by molar-refractivity contribution is 9.10. The summed E-state index contributed by atoms with van der Waals surface area (Å²) in [4.78, 5) is 7.22. The average molecular weight is 373 g/mol. The van der Waals surface area contributed by atoms with Gasteiger partial charge in [0, 0.05) is 28.5 Å². The fourth-order valence-electron chi connectivity index (χ4n) is 2.76. The number of hydrogen-bond donors (Lipinski definition) is 1. The monoisotopic (exact) mass is 372 g/mol. The van der Waals surface area contributed by atoms with Crippen LogP contribution in [0.15, 0.2) is 47.1 Å². The summed E-state index contributed by atoms with van der Waals surface area (Å²) in [6, 6.07) is 12.2. The largest absolute Gasteiger partial charge is 0.398 e. The second-order valence-corrected chi connectivity index (χ2v) is 6.48. The van der Waals surface area contributed by atoms with E-state index in [0.717, 1.165) is 46.7 Å². The molecule has 0 radical (unpaired) electrons. The molecule has 0 fully saturated rings. The SMILES string of the molecule is CCN(CC)Cc1c(-c2ccc(Br)cc2)nc2ccc(N)cn12. The third-order valence-corrected chi connectivity index (χ3v) is 4.65. The molecule has 23 heavy (non-hydrogen) atoms. The van der Waals surface area contributed by atoms with Crippen molar-refractivity contribution >= 4 is 27.3 Å². The molecule has 2 aromatic heterocycles. The summed E-state index contributed by atoms with van der Waals surface area (Å²) in [7, 11) is 0. The summed E-state index contributed by atoms with van der Waals surface area (Å²) in [6.45, 7) is 7.22. The minimum atomic E-state index is 0.748.